The first-order valence-corrected chi connectivity index (χ1v) is 5.07. The molecule has 0 nitrogen and oxygen atoms in total. The third-order valence-electron chi connectivity index (χ3n) is 0.324. The summed E-state index contributed by atoms with van der Waals surface area (Å²) in [6.45, 7) is 0. The number of hydrogen-bond donors (Lipinski definition) is 0. The molecule has 0 aromatic rings. The summed E-state index contributed by atoms with van der Waals surface area (Å²) in [6, 6.07) is 0. The first-order chi connectivity index (χ1) is 3.31. The van der Waals surface area contributed by atoms with Gasteiger partial charge >= 0.3 is 48.1 Å². The molecule has 0 radical (unpaired) electrons. The van der Waals surface area contributed by atoms with Crippen molar-refractivity contribution in [1.29, 1.82) is 0 Å². The van der Waals surface area contributed by atoms with Gasteiger partial charge in [-0.15, -0.1) is 0 Å². The summed E-state index contributed by atoms with van der Waals surface area (Å²) >= 11 is 0.465. The molecule has 0 aromatic heterocycles. The van der Waals surface area contributed by atoms with E-state index in [0.717, 1.165) is 0 Å². The van der Waals surface area contributed by atoms with E-state index in [-0.39, 0.29) is 0 Å². The zero-order chi connectivity index (χ0) is 6.86. The Morgan fingerprint density at radius 3 is 1.62 bits per heavy atom. The summed E-state index contributed by atoms with van der Waals surface area (Å²) in [5.41, 5.74) is -1.31. The fourth-order valence-corrected chi connectivity index (χ4v) is 1.76. The van der Waals surface area contributed by atoms with E-state index in [1.54, 1.807) is 0 Å². The average Bonchev–Trinajstić information content (AvgIpc) is 1.25. The van der Waals surface area contributed by atoms with E-state index < -0.39 is 13.3 Å². The molecular formula is C2H5F4PS. The second-order valence-corrected chi connectivity index (χ2v) is 4.61. The average molecular weight is 168 g/mol. The number of thioether (sulfide) groups is 1. The summed E-state index contributed by atoms with van der Waals surface area (Å²) in [6.07, 6.45) is 1.22. The van der Waals surface area contributed by atoms with Crippen LogP contribution in [0.2, 0.25) is 0 Å². The van der Waals surface area contributed by atoms with E-state index in [1.165, 1.54) is 6.26 Å². The van der Waals surface area contributed by atoms with Crippen LogP contribution in [-0.2, 0) is 0 Å². The third-order valence-corrected chi connectivity index (χ3v) is 2.92. The number of hydrogen-bond acceptors (Lipinski definition) is 1. The Hall–Kier alpha value is 0.500. The van der Waals surface area contributed by atoms with Gasteiger partial charge in [0.05, 0.1) is 0 Å². The summed E-state index contributed by atoms with van der Waals surface area (Å²) < 4.78 is 44.7. The molecule has 0 fully saturated rings. The van der Waals surface area contributed by atoms with Crippen LogP contribution in [0.15, 0.2) is 0 Å². The van der Waals surface area contributed by atoms with Crippen LogP contribution < -0.4 is 0 Å². The molecule has 0 N–H and O–H groups in total. The minimum atomic E-state index is -7.14. The molecule has 8 heavy (non-hydrogen) atoms. The molecule has 0 atom stereocenters. The van der Waals surface area contributed by atoms with Crippen molar-refractivity contribution in [3.8, 4) is 0 Å². The van der Waals surface area contributed by atoms with Gasteiger partial charge in [-0.1, -0.05) is 0 Å². The van der Waals surface area contributed by atoms with Crippen LogP contribution in [0.25, 0.3) is 0 Å². The van der Waals surface area contributed by atoms with E-state index in [1.807, 2.05) is 0 Å². The van der Waals surface area contributed by atoms with E-state index >= 15 is 0 Å². The van der Waals surface area contributed by atoms with Gasteiger partial charge in [-0.2, -0.15) is 0 Å². The fraction of sp³-hybridized carbons (Fsp3) is 1.00. The summed E-state index contributed by atoms with van der Waals surface area (Å²) in [7, 11) is -7.14. The molecule has 0 saturated carbocycles. The van der Waals surface area contributed by atoms with Crippen molar-refractivity contribution in [3.63, 3.8) is 0 Å². The van der Waals surface area contributed by atoms with Gasteiger partial charge in [-0.25, -0.2) is 0 Å². The van der Waals surface area contributed by atoms with Crippen molar-refractivity contribution >= 4 is 19.6 Å². The van der Waals surface area contributed by atoms with Crippen LogP contribution >= 0.6 is 19.6 Å². The molecule has 0 bridgehead atoms. The van der Waals surface area contributed by atoms with E-state index in [9.17, 15) is 16.8 Å². The van der Waals surface area contributed by atoms with Crippen molar-refractivity contribution in [2.24, 2.45) is 0 Å². The molecule has 0 aromatic carbocycles. The van der Waals surface area contributed by atoms with Crippen molar-refractivity contribution in [1.82, 2.24) is 0 Å². The maximum atomic E-state index is 11.2. The number of rotatable bonds is 2. The predicted octanol–water partition coefficient (Wildman–Crippen LogP) is 3.40. The van der Waals surface area contributed by atoms with Crippen LogP contribution in [-0.4, -0.2) is 11.7 Å². The van der Waals surface area contributed by atoms with Crippen molar-refractivity contribution in [3.05, 3.63) is 0 Å². The molecule has 0 unspecified atom stereocenters. The van der Waals surface area contributed by atoms with Gasteiger partial charge in [0, 0.05) is 0 Å². The van der Waals surface area contributed by atoms with Gasteiger partial charge in [0.15, 0.2) is 0 Å². The number of halogens is 4. The van der Waals surface area contributed by atoms with Crippen LogP contribution in [0.1, 0.15) is 0 Å². The Morgan fingerprint density at radius 2 is 1.62 bits per heavy atom. The van der Waals surface area contributed by atoms with Crippen molar-refractivity contribution in [2.45, 2.75) is 0 Å². The van der Waals surface area contributed by atoms with E-state index in [2.05, 4.69) is 0 Å². The molecule has 52 valence electrons. The Bertz CT molecular complexity index is 76.5. The second kappa shape index (κ2) is 2.03. The molecule has 6 heteroatoms. The van der Waals surface area contributed by atoms with Crippen LogP contribution in [0.4, 0.5) is 16.8 Å². The molecule has 0 rings (SSSR count). The van der Waals surface area contributed by atoms with Gasteiger partial charge in [-0.3, -0.25) is 0 Å². The Morgan fingerprint density at radius 1 is 1.25 bits per heavy atom. The quantitative estimate of drug-likeness (QED) is 0.449. The van der Waals surface area contributed by atoms with Crippen molar-refractivity contribution in [2.75, 3.05) is 11.7 Å². The van der Waals surface area contributed by atoms with Gasteiger partial charge in [0.25, 0.3) is 0 Å². The Balaban J connectivity index is 3.73. The first-order valence-electron chi connectivity index (χ1n) is 1.69. The van der Waals surface area contributed by atoms with Gasteiger partial charge < -0.3 is 0 Å². The van der Waals surface area contributed by atoms with Gasteiger partial charge in [0.2, 0.25) is 0 Å². The zero-order valence-corrected chi connectivity index (χ0v) is 5.79. The van der Waals surface area contributed by atoms with Crippen molar-refractivity contribution < 1.29 is 16.8 Å². The molecule has 0 spiro atoms. The van der Waals surface area contributed by atoms with Crippen LogP contribution in [0, 0.1) is 0 Å². The minimum absolute atomic E-state index is 0.465. The maximum absolute atomic E-state index is 11.2. The summed E-state index contributed by atoms with van der Waals surface area (Å²) in [4.78, 5) is 0. The summed E-state index contributed by atoms with van der Waals surface area (Å²) in [5, 5.41) is 0. The normalized spacial score (nSPS) is 17.4. The van der Waals surface area contributed by atoms with E-state index in [4.69, 9.17) is 0 Å². The first kappa shape index (κ1) is 8.50. The second-order valence-electron chi connectivity index (χ2n) is 1.28. The Kier molecular flexibility index (Phi) is 2.15. The molecule has 0 heterocycles. The van der Waals surface area contributed by atoms with Crippen LogP contribution in [0.5, 0.6) is 0 Å². The predicted molar refractivity (Wildman–Crippen MR) is 29.7 cm³/mol. The molecule has 0 aliphatic heterocycles. The molecule has 0 amide bonds. The Labute approximate surface area is 49.0 Å². The molecule has 0 saturated heterocycles. The van der Waals surface area contributed by atoms with Gasteiger partial charge in [-0.05, 0) is 0 Å². The molecular weight excluding hydrogens is 163 g/mol. The third kappa shape index (κ3) is 6.50. The fourth-order valence-electron chi connectivity index (χ4n) is 0.195. The van der Waals surface area contributed by atoms with E-state index in [0.29, 0.717) is 11.8 Å². The van der Waals surface area contributed by atoms with Crippen LogP contribution in [0.3, 0.4) is 0 Å². The molecule has 0 aliphatic carbocycles. The zero-order valence-electron chi connectivity index (χ0n) is 4.07. The van der Waals surface area contributed by atoms with Gasteiger partial charge in [0.1, 0.15) is 0 Å². The summed E-state index contributed by atoms with van der Waals surface area (Å²) in [5.74, 6) is 0. The topological polar surface area (TPSA) is 0 Å². The molecule has 0 aliphatic rings. The SMILES string of the molecule is CSCP(F)(F)(F)F. The monoisotopic (exact) mass is 168 g/mol. The standard InChI is InChI=1S/C2H5F4PS/c1-8-2-7(3,4,5)6/h2H2,1H3.